The van der Waals surface area contributed by atoms with Gasteiger partial charge in [-0.25, -0.2) is 4.68 Å². The van der Waals surface area contributed by atoms with Gasteiger partial charge in [-0.05, 0) is 12.3 Å². The molecule has 18 heavy (non-hydrogen) atoms. The Hall–Kier alpha value is -1.47. The van der Waals surface area contributed by atoms with E-state index in [1.165, 1.54) is 4.68 Å². The quantitative estimate of drug-likeness (QED) is 0.567. The number of amides is 1. The summed E-state index contributed by atoms with van der Waals surface area (Å²) in [6.07, 6.45) is 3.30. The normalized spacial score (nSPS) is 12.4. The number of carbonyl (C=O) groups is 1. The van der Waals surface area contributed by atoms with Crippen molar-refractivity contribution >= 4 is 5.91 Å². The van der Waals surface area contributed by atoms with Gasteiger partial charge in [0.2, 0.25) is 5.91 Å². The van der Waals surface area contributed by atoms with Gasteiger partial charge in [-0.1, -0.05) is 18.6 Å². The van der Waals surface area contributed by atoms with Gasteiger partial charge in [0.25, 0.3) is 0 Å². The van der Waals surface area contributed by atoms with Crippen LogP contribution in [-0.2, 0) is 17.9 Å². The molecule has 0 bridgehead atoms. The lowest BCUT2D eigenvalue weighted by atomic mass is 10.0. The van der Waals surface area contributed by atoms with Crippen molar-refractivity contribution < 1.29 is 9.90 Å². The predicted octanol–water partition coefficient (Wildman–Crippen LogP) is -0.738. The molecule has 1 aromatic rings. The van der Waals surface area contributed by atoms with E-state index in [1.54, 1.807) is 6.20 Å². The second kappa shape index (κ2) is 7.78. The van der Waals surface area contributed by atoms with Crippen molar-refractivity contribution in [2.24, 2.45) is 11.7 Å². The zero-order valence-corrected chi connectivity index (χ0v) is 10.7. The number of rotatable bonds is 8. The van der Waals surface area contributed by atoms with Crippen molar-refractivity contribution in [3.05, 3.63) is 11.9 Å². The molecule has 1 atom stereocenters. The molecule has 1 heterocycles. The van der Waals surface area contributed by atoms with Gasteiger partial charge in [-0.15, -0.1) is 5.10 Å². The second-order valence-corrected chi connectivity index (χ2v) is 4.20. The largest absolute Gasteiger partial charge is 0.396 e. The topological polar surface area (TPSA) is 106 Å². The summed E-state index contributed by atoms with van der Waals surface area (Å²) in [5, 5.41) is 19.3. The molecule has 1 unspecified atom stereocenters. The van der Waals surface area contributed by atoms with E-state index in [-0.39, 0.29) is 19.1 Å². The first-order valence-corrected chi connectivity index (χ1v) is 6.16. The van der Waals surface area contributed by atoms with Crippen molar-refractivity contribution in [2.75, 3.05) is 13.2 Å². The minimum absolute atomic E-state index is 0.111. The molecule has 4 N–H and O–H groups in total. The summed E-state index contributed by atoms with van der Waals surface area (Å²) in [6, 6.07) is 0. The first kappa shape index (κ1) is 14.6. The molecule has 0 spiro atoms. The molecule has 0 aliphatic heterocycles. The number of nitrogens with one attached hydrogen (secondary N) is 1. The van der Waals surface area contributed by atoms with E-state index in [4.69, 9.17) is 10.8 Å². The van der Waals surface area contributed by atoms with Gasteiger partial charge < -0.3 is 16.2 Å². The van der Waals surface area contributed by atoms with Crippen molar-refractivity contribution in [1.82, 2.24) is 20.3 Å². The number of hydrogen-bond donors (Lipinski definition) is 3. The van der Waals surface area contributed by atoms with E-state index >= 15 is 0 Å². The summed E-state index contributed by atoms with van der Waals surface area (Å²) in [7, 11) is 0. The highest BCUT2D eigenvalue weighted by molar-refractivity contribution is 5.75. The Balaban J connectivity index is 2.32. The molecule has 0 saturated carbocycles. The summed E-state index contributed by atoms with van der Waals surface area (Å²) in [4.78, 5) is 11.6. The van der Waals surface area contributed by atoms with E-state index in [9.17, 15) is 4.79 Å². The van der Waals surface area contributed by atoms with Crippen molar-refractivity contribution in [2.45, 2.75) is 32.9 Å². The predicted molar refractivity (Wildman–Crippen MR) is 66.4 cm³/mol. The molecule has 0 aliphatic carbocycles. The van der Waals surface area contributed by atoms with Gasteiger partial charge in [0, 0.05) is 19.7 Å². The van der Waals surface area contributed by atoms with Gasteiger partial charge in [-0.2, -0.15) is 0 Å². The molecule has 102 valence electrons. The minimum Gasteiger partial charge on any atom is -0.396 e. The van der Waals surface area contributed by atoms with Crippen LogP contribution >= 0.6 is 0 Å². The average molecular weight is 255 g/mol. The molecular weight excluding hydrogens is 234 g/mol. The highest BCUT2D eigenvalue weighted by Crippen LogP contribution is 2.05. The van der Waals surface area contributed by atoms with Crippen LogP contribution in [0.4, 0.5) is 0 Å². The number of nitrogens with two attached hydrogens (primary N) is 1. The molecule has 1 aromatic heterocycles. The van der Waals surface area contributed by atoms with Crippen LogP contribution in [0.5, 0.6) is 0 Å². The molecule has 0 saturated heterocycles. The van der Waals surface area contributed by atoms with Crippen molar-refractivity contribution in [3.63, 3.8) is 0 Å². The van der Waals surface area contributed by atoms with E-state index in [0.29, 0.717) is 31.1 Å². The fourth-order valence-electron chi connectivity index (χ4n) is 1.60. The number of aliphatic hydroxyl groups excluding tert-OH is 1. The molecule has 0 radical (unpaired) electrons. The Labute approximate surface area is 106 Å². The lowest BCUT2D eigenvalue weighted by Gasteiger charge is -2.14. The second-order valence-electron chi connectivity index (χ2n) is 4.20. The summed E-state index contributed by atoms with van der Waals surface area (Å²) >= 11 is 0. The van der Waals surface area contributed by atoms with Crippen LogP contribution in [0.25, 0.3) is 0 Å². The van der Waals surface area contributed by atoms with Gasteiger partial charge in [0.1, 0.15) is 6.54 Å². The Morgan fingerprint density at radius 1 is 1.67 bits per heavy atom. The summed E-state index contributed by atoms with van der Waals surface area (Å²) < 4.78 is 1.46. The fraction of sp³-hybridized carbons (Fsp3) is 0.727. The zero-order chi connectivity index (χ0) is 13.4. The molecule has 7 nitrogen and oxygen atoms in total. The van der Waals surface area contributed by atoms with Crippen LogP contribution in [0.2, 0.25) is 0 Å². The SMILES string of the molecule is CCC(CCO)CNC(=O)Cn1cc(CN)nn1. The van der Waals surface area contributed by atoms with Crippen LogP contribution in [-0.4, -0.2) is 39.2 Å². The van der Waals surface area contributed by atoms with E-state index in [2.05, 4.69) is 15.6 Å². The number of aliphatic hydroxyl groups is 1. The van der Waals surface area contributed by atoms with Crippen molar-refractivity contribution in [3.8, 4) is 0 Å². The summed E-state index contributed by atoms with van der Waals surface area (Å²) in [5.41, 5.74) is 6.07. The Bertz CT molecular complexity index is 366. The van der Waals surface area contributed by atoms with E-state index in [1.807, 2.05) is 6.92 Å². The third-order valence-corrected chi connectivity index (χ3v) is 2.80. The van der Waals surface area contributed by atoms with Crippen LogP contribution in [0, 0.1) is 5.92 Å². The minimum atomic E-state index is -0.111. The smallest absolute Gasteiger partial charge is 0.241 e. The maximum Gasteiger partial charge on any atom is 0.241 e. The number of nitrogens with zero attached hydrogens (tertiary/aromatic N) is 3. The van der Waals surface area contributed by atoms with E-state index in [0.717, 1.165) is 6.42 Å². The Kier molecular flexibility index (Phi) is 6.31. The molecule has 0 aliphatic rings. The summed E-state index contributed by atoms with van der Waals surface area (Å²) in [6.45, 7) is 3.22. The lowest BCUT2D eigenvalue weighted by molar-refractivity contribution is -0.122. The number of aromatic nitrogens is 3. The molecule has 1 amide bonds. The molecule has 0 aromatic carbocycles. The van der Waals surface area contributed by atoms with Gasteiger partial charge in [0.15, 0.2) is 0 Å². The Morgan fingerprint density at radius 3 is 3.00 bits per heavy atom. The standard InChI is InChI=1S/C11H21N5O2/c1-2-9(3-4-17)6-13-11(18)8-16-7-10(5-12)14-15-16/h7,9,17H,2-6,8,12H2,1H3,(H,13,18). The fourth-order valence-corrected chi connectivity index (χ4v) is 1.60. The van der Waals surface area contributed by atoms with Gasteiger partial charge in [0.05, 0.1) is 11.9 Å². The molecular formula is C11H21N5O2. The van der Waals surface area contributed by atoms with Gasteiger partial charge in [-0.3, -0.25) is 4.79 Å². The summed E-state index contributed by atoms with van der Waals surface area (Å²) in [5.74, 6) is 0.203. The third kappa shape index (κ3) is 4.80. The lowest BCUT2D eigenvalue weighted by Crippen LogP contribution is -2.32. The maximum absolute atomic E-state index is 11.6. The zero-order valence-electron chi connectivity index (χ0n) is 10.7. The van der Waals surface area contributed by atoms with Crippen molar-refractivity contribution in [1.29, 1.82) is 0 Å². The third-order valence-electron chi connectivity index (χ3n) is 2.80. The molecule has 1 rings (SSSR count). The van der Waals surface area contributed by atoms with Crippen LogP contribution in [0.3, 0.4) is 0 Å². The highest BCUT2D eigenvalue weighted by Gasteiger charge is 2.09. The number of carbonyl (C=O) groups excluding carboxylic acids is 1. The molecule has 7 heteroatoms. The van der Waals surface area contributed by atoms with E-state index < -0.39 is 0 Å². The molecule has 0 fully saturated rings. The highest BCUT2D eigenvalue weighted by atomic mass is 16.3. The van der Waals surface area contributed by atoms with Crippen LogP contribution in [0.15, 0.2) is 6.20 Å². The Morgan fingerprint density at radius 2 is 2.44 bits per heavy atom. The maximum atomic E-state index is 11.6. The van der Waals surface area contributed by atoms with Crippen LogP contribution in [0.1, 0.15) is 25.5 Å². The number of hydrogen-bond acceptors (Lipinski definition) is 5. The first-order chi connectivity index (χ1) is 8.69. The van der Waals surface area contributed by atoms with Crippen LogP contribution < -0.4 is 11.1 Å². The monoisotopic (exact) mass is 255 g/mol. The first-order valence-electron chi connectivity index (χ1n) is 6.16. The average Bonchev–Trinajstić information content (AvgIpc) is 2.82. The van der Waals surface area contributed by atoms with Gasteiger partial charge >= 0.3 is 0 Å².